The van der Waals surface area contributed by atoms with Crippen LogP contribution in [0.25, 0.3) is 0 Å². The SMILES string of the molecule is CCCC(C)(C)C(=O)OC(C)CC. The molecule has 0 N–H and O–H groups in total. The maximum Gasteiger partial charge on any atom is 0.311 e. The lowest BCUT2D eigenvalue weighted by Gasteiger charge is -2.23. The molecule has 78 valence electrons. The Balaban J connectivity index is 4.08. The fraction of sp³-hybridized carbons (Fsp3) is 0.909. The number of carbonyl (C=O) groups excluding carboxylic acids is 1. The summed E-state index contributed by atoms with van der Waals surface area (Å²) >= 11 is 0. The average molecular weight is 186 g/mol. The molecule has 0 radical (unpaired) electrons. The van der Waals surface area contributed by atoms with Gasteiger partial charge in [0.2, 0.25) is 0 Å². The molecule has 2 heteroatoms. The van der Waals surface area contributed by atoms with Crippen molar-refractivity contribution in [2.24, 2.45) is 5.41 Å². The second kappa shape index (κ2) is 5.25. The smallest absolute Gasteiger partial charge is 0.311 e. The third kappa shape index (κ3) is 4.30. The van der Waals surface area contributed by atoms with E-state index in [0.717, 1.165) is 19.3 Å². The van der Waals surface area contributed by atoms with Gasteiger partial charge in [0.15, 0.2) is 0 Å². The molecule has 0 fully saturated rings. The minimum absolute atomic E-state index is 0.0450. The van der Waals surface area contributed by atoms with Crippen LogP contribution in [0, 0.1) is 5.41 Å². The van der Waals surface area contributed by atoms with E-state index < -0.39 is 0 Å². The van der Waals surface area contributed by atoms with Gasteiger partial charge in [0.25, 0.3) is 0 Å². The third-order valence-corrected chi connectivity index (χ3v) is 2.31. The van der Waals surface area contributed by atoms with Gasteiger partial charge in [0.1, 0.15) is 0 Å². The van der Waals surface area contributed by atoms with Crippen LogP contribution < -0.4 is 0 Å². The molecule has 0 rings (SSSR count). The van der Waals surface area contributed by atoms with Crippen LogP contribution in [0.5, 0.6) is 0 Å². The first-order chi connectivity index (χ1) is 5.94. The lowest BCUT2D eigenvalue weighted by molar-refractivity contribution is -0.159. The Morgan fingerprint density at radius 1 is 1.38 bits per heavy atom. The Kier molecular flexibility index (Phi) is 5.04. The largest absolute Gasteiger partial charge is 0.462 e. The molecule has 0 aliphatic heterocycles. The molecule has 0 aromatic carbocycles. The van der Waals surface area contributed by atoms with Crippen molar-refractivity contribution in [1.29, 1.82) is 0 Å². The van der Waals surface area contributed by atoms with Gasteiger partial charge in [-0.2, -0.15) is 0 Å². The topological polar surface area (TPSA) is 26.3 Å². The first kappa shape index (κ1) is 12.5. The number of carbonyl (C=O) groups is 1. The summed E-state index contributed by atoms with van der Waals surface area (Å²) < 4.78 is 5.28. The van der Waals surface area contributed by atoms with Crippen molar-refractivity contribution in [2.45, 2.75) is 60.0 Å². The first-order valence-electron chi connectivity index (χ1n) is 5.15. The van der Waals surface area contributed by atoms with Gasteiger partial charge in [0.05, 0.1) is 11.5 Å². The second-order valence-electron chi connectivity index (χ2n) is 4.26. The number of ether oxygens (including phenoxy) is 1. The number of rotatable bonds is 5. The average Bonchev–Trinajstić information content (AvgIpc) is 2.04. The maximum atomic E-state index is 11.6. The predicted octanol–water partition coefficient (Wildman–Crippen LogP) is 3.15. The summed E-state index contributed by atoms with van der Waals surface area (Å²) in [5, 5.41) is 0. The summed E-state index contributed by atoms with van der Waals surface area (Å²) in [5.74, 6) is -0.0660. The summed E-state index contributed by atoms with van der Waals surface area (Å²) in [4.78, 5) is 11.6. The van der Waals surface area contributed by atoms with E-state index in [1.165, 1.54) is 0 Å². The zero-order chi connectivity index (χ0) is 10.5. The molecular weight excluding hydrogens is 164 g/mol. The molecule has 0 saturated carbocycles. The van der Waals surface area contributed by atoms with Gasteiger partial charge in [-0.3, -0.25) is 4.79 Å². The van der Waals surface area contributed by atoms with Gasteiger partial charge >= 0.3 is 5.97 Å². The highest BCUT2D eigenvalue weighted by Crippen LogP contribution is 2.24. The van der Waals surface area contributed by atoms with E-state index in [-0.39, 0.29) is 17.5 Å². The highest BCUT2D eigenvalue weighted by atomic mass is 16.5. The molecule has 1 atom stereocenters. The summed E-state index contributed by atoms with van der Waals surface area (Å²) in [6.07, 6.45) is 2.84. The van der Waals surface area contributed by atoms with Crippen LogP contribution in [0.15, 0.2) is 0 Å². The van der Waals surface area contributed by atoms with Crippen molar-refractivity contribution in [3.8, 4) is 0 Å². The normalized spacial score (nSPS) is 13.9. The molecule has 0 aliphatic carbocycles. The van der Waals surface area contributed by atoms with Gasteiger partial charge in [-0.05, 0) is 33.6 Å². The summed E-state index contributed by atoms with van der Waals surface area (Å²) in [5.41, 5.74) is -0.321. The molecule has 0 saturated heterocycles. The molecule has 0 aromatic rings. The molecular formula is C11H22O2. The molecule has 2 nitrogen and oxygen atoms in total. The van der Waals surface area contributed by atoms with Crippen molar-refractivity contribution in [2.75, 3.05) is 0 Å². The van der Waals surface area contributed by atoms with Crippen molar-refractivity contribution < 1.29 is 9.53 Å². The van der Waals surface area contributed by atoms with E-state index in [9.17, 15) is 4.79 Å². The quantitative estimate of drug-likeness (QED) is 0.616. The fourth-order valence-corrected chi connectivity index (χ4v) is 1.15. The van der Waals surface area contributed by atoms with Gasteiger partial charge in [0, 0.05) is 0 Å². The van der Waals surface area contributed by atoms with Gasteiger partial charge < -0.3 is 4.74 Å². The lowest BCUT2D eigenvalue weighted by atomic mass is 9.88. The van der Waals surface area contributed by atoms with Gasteiger partial charge in [-0.1, -0.05) is 20.3 Å². The molecule has 1 unspecified atom stereocenters. The molecule has 13 heavy (non-hydrogen) atoms. The lowest BCUT2D eigenvalue weighted by Crippen LogP contribution is -2.29. The van der Waals surface area contributed by atoms with Gasteiger partial charge in [-0.15, -0.1) is 0 Å². The zero-order valence-corrected chi connectivity index (χ0v) is 9.52. The van der Waals surface area contributed by atoms with Crippen molar-refractivity contribution in [1.82, 2.24) is 0 Å². The summed E-state index contributed by atoms with van der Waals surface area (Å²) in [7, 11) is 0. The van der Waals surface area contributed by atoms with Crippen LogP contribution in [0.3, 0.4) is 0 Å². The maximum absolute atomic E-state index is 11.6. The van der Waals surface area contributed by atoms with Crippen molar-refractivity contribution >= 4 is 5.97 Å². The van der Waals surface area contributed by atoms with Crippen LogP contribution in [0.1, 0.15) is 53.9 Å². The number of esters is 1. The summed E-state index contributed by atoms with van der Waals surface area (Å²) in [6, 6.07) is 0. The zero-order valence-electron chi connectivity index (χ0n) is 9.52. The molecule has 0 aliphatic rings. The van der Waals surface area contributed by atoms with E-state index in [1.807, 2.05) is 27.7 Å². The van der Waals surface area contributed by atoms with Gasteiger partial charge in [-0.25, -0.2) is 0 Å². The number of hydrogen-bond donors (Lipinski definition) is 0. The fourth-order valence-electron chi connectivity index (χ4n) is 1.15. The van der Waals surface area contributed by atoms with Crippen LogP contribution in [0.2, 0.25) is 0 Å². The standard InChI is InChI=1S/C11H22O2/c1-6-8-11(4,5)10(12)13-9(3)7-2/h9H,6-8H2,1-5H3. The van der Waals surface area contributed by atoms with Crippen LogP contribution >= 0.6 is 0 Å². The minimum Gasteiger partial charge on any atom is -0.462 e. The highest BCUT2D eigenvalue weighted by molar-refractivity contribution is 5.75. The van der Waals surface area contributed by atoms with Crippen molar-refractivity contribution in [3.63, 3.8) is 0 Å². The van der Waals surface area contributed by atoms with Crippen LogP contribution in [-0.4, -0.2) is 12.1 Å². The van der Waals surface area contributed by atoms with E-state index >= 15 is 0 Å². The Labute approximate surface area is 81.7 Å². The summed E-state index contributed by atoms with van der Waals surface area (Å²) in [6.45, 7) is 9.92. The minimum atomic E-state index is -0.321. The van der Waals surface area contributed by atoms with E-state index in [0.29, 0.717) is 0 Å². The van der Waals surface area contributed by atoms with E-state index in [2.05, 4.69) is 6.92 Å². The molecule has 0 heterocycles. The molecule has 0 bridgehead atoms. The Bertz CT molecular complexity index is 161. The van der Waals surface area contributed by atoms with Crippen LogP contribution in [-0.2, 0) is 9.53 Å². The first-order valence-corrected chi connectivity index (χ1v) is 5.15. The van der Waals surface area contributed by atoms with Crippen molar-refractivity contribution in [3.05, 3.63) is 0 Å². The molecule has 0 aromatic heterocycles. The highest BCUT2D eigenvalue weighted by Gasteiger charge is 2.29. The second-order valence-corrected chi connectivity index (χ2v) is 4.26. The monoisotopic (exact) mass is 186 g/mol. The Morgan fingerprint density at radius 3 is 2.31 bits per heavy atom. The predicted molar refractivity (Wildman–Crippen MR) is 54.5 cm³/mol. The van der Waals surface area contributed by atoms with E-state index in [1.54, 1.807) is 0 Å². The molecule has 0 amide bonds. The Morgan fingerprint density at radius 2 is 1.92 bits per heavy atom. The third-order valence-electron chi connectivity index (χ3n) is 2.31. The number of hydrogen-bond acceptors (Lipinski definition) is 2. The Hall–Kier alpha value is -0.530. The molecule has 0 spiro atoms. The van der Waals surface area contributed by atoms with Crippen LogP contribution in [0.4, 0.5) is 0 Å². The van der Waals surface area contributed by atoms with E-state index in [4.69, 9.17) is 4.74 Å².